The Hall–Kier alpha value is -0.570. The second kappa shape index (κ2) is 4.52. The fourth-order valence-electron chi connectivity index (χ4n) is 2.07. The largest absolute Gasteiger partial charge is 0.326 e. The van der Waals surface area contributed by atoms with Gasteiger partial charge in [0.15, 0.2) is 0 Å². The van der Waals surface area contributed by atoms with Crippen LogP contribution in [0.25, 0.3) is 0 Å². The summed E-state index contributed by atoms with van der Waals surface area (Å²) in [4.78, 5) is 2.39. The summed E-state index contributed by atoms with van der Waals surface area (Å²) in [7, 11) is 0. The van der Waals surface area contributed by atoms with E-state index in [2.05, 4.69) is 17.9 Å². The highest BCUT2D eigenvalue weighted by Gasteiger charge is 2.19. The number of benzene rings is 1. The molecule has 1 aliphatic heterocycles. The first kappa shape index (κ1) is 10.9. The van der Waals surface area contributed by atoms with Crippen LogP contribution in [-0.2, 0) is 6.54 Å². The lowest BCUT2D eigenvalue weighted by molar-refractivity contribution is 0.326. The molecule has 2 rings (SSSR count). The van der Waals surface area contributed by atoms with Gasteiger partial charge in [-0.2, -0.15) is 0 Å². The van der Waals surface area contributed by atoms with Crippen LogP contribution >= 0.6 is 11.6 Å². The fraction of sp³-hybridized carbons (Fsp3) is 0.500. The van der Waals surface area contributed by atoms with Crippen LogP contribution in [0.3, 0.4) is 0 Å². The lowest BCUT2D eigenvalue weighted by Gasteiger charge is -2.17. The van der Waals surface area contributed by atoms with Crippen molar-refractivity contribution in [1.82, 2.24) is 4.90 Å². The number of hydrogen-bond acceptors (Lipinski definition) is 2. The van der Waals surface area contributed by atoms with E-state index < -0.39 is 0 Å². The Balaban J connectivity index is 2.07. The smallest absolute Gasteiger partial charge is 0.0438 e. The Bertz CT molecular complexity index is 351. The van der Waals surface area contributed by atoms with Crippen LogP contribution in [0.5, 0.6) is 0 Å². The van der Waals surface area contributed by atoms with Crippen LogP contribution in [0.1, 0.15) is 17.5 Å². The van der Waals surface area contributed by atoms with Crippen molar-refractivity contribution in [2.24, 2.45) is 5.73 Å². The van der Waals surface area contributed by atoms with Gasteiger partial charge in [0.25, 0.3) is 0 Å². The standard InChI is InChI=1S/C12H17ClN2/c1-9-10(3-2-4-12(9)13)7-15-6-5-11(14)8-15/h2-4,11H,5-8,14H2,1H3. The van der Waals surface area contributed by atoms with Gasteiger partial charge in [0.1, 0.15) is 0 Å². The van der Waals surface area contributed by atoms with Crippen molar-refractivity contribution in [2.75, 3.05) is 13.1 Å². The molecule has 0 amide bonds. The summed E-state index contributed by atoms with van der Waals surface area (Å²) in [5, 5.41) is 0.857. The molecule has 0 spiro atoms. The van der Waals surface area contributed by atoms with Crippen molar-refractivity contribution in [3.8, 4) is 0 Å². The summed E-state index contributed by atoms with van der Waals surface area (Å²) >= 11 is 6.08. The highest BCUT2D eigenvalue weighted by Crippen LogP contribution is 2.21. The predicted octanol–water partition coefficient (Wildman–Crippen LogP) is 2.18. The number of nitrogens with two attached hydrogens (primary N) is 1. The van der Waals surface area contributed by atoms with Crippen LogP contribution in [0, 0.1) is 6.92 Å². The first-order valence-electron chi connectivity index (χ1n) is 5.39. The topological polar surface area (TPSA) is 29.3 Å². The zero-order valence-corrected chi connectivity index (χ0v) is 9.80. The molecule has 1 aromatic carbocycles. The minimum Gasteiger partial charge on any atom is -0.326 e. The van der Waals surface area contributed by atoms with E-state index >= 15 is 0 Å². The van der Waals surface area contributed by atoms with Gasteiger partial charge in [0.2, 0.25) is 0 Å². The lowest BCUT2D eigenvalue weighted by atomic mass is 10.1. The summed E-state index contributed by atoms with van der Waals surface area (Å²) in [6, 6.07) is 6.45. The quantitative estimate of drug-likeness (QED) is 0.835. The van der Waals surface area contributed by atoms with Gasteiger partial charge in [-0.15, -0.1) is 0 Å². The summed E-state index contributed by atoms with van der Waals surface area (Å²) < 4.78 is 0. The highest BCUT2D eigenvalue weighted by molar-refractivity contribution is 6.31. The molecule has 82 valence electrons. The highest BCUT2D eigenvalue weighted by atomic mass is 35.5. The third-order valence-corrected chi connectivity index (χ3v) is 3.49. The van der Waals surface area contributed by atoms with E-state index in [0.29, 0.717) is 6.04 Å². The van der Waals surface area contributed by atoms with Gasteiger partial charge < -0.3 is 5.73 Å². The normalized spacial score (nSPS) is 22.2. The van der Waals surface area contributed by atoms with Gasteiger partial charge in [0, 0.05) is 30.7 Å². The SMILES string of the molecule is Cc1c(Cl)cccc1CN1CCC(N)C1. The third-order valence-electron chi connectivity index (χ3n) is 3.08. The third kappa shape index (κ3) is 2.51. The van der Waals surface area contributed by atoms with Crippen LogP contribution in [0.4, 0.5) is 0 Å². The molecule has 2 nitrogen and oxygen atoms in total. The number of rotatable bonds is 2. The Morgan fingerprint density at radius 1 is 1.53 bits per heavy atom. The molecule has 0 bridgehead atoms. The van der Waals surface area contributed by atoms with E-state index in [0.717, 1.165) is 31.1 Å². The molecule has 0 radical (unpaired) electrons. The second-order valence-electron chi connectivity index (χ2n) is 4.31. The van der Waals surface area contributed by atoms with Gasteiger partial charge in [-0.1, -0.05) is 23.7 Å². The van der Waals surface area contributed by atoms with E-state index in [1.165, 1.54) is 11.1 Å². The summed E-state index contributed by atoms with van der Waals surface area (Å²) in [5.41, 5.74) is 8.39. The van der Waals surface area contributed by atoms with E-state index in [1.54, 1.807) is 0 Å². The maximum absolute atomic E-state index is 6.08. The van der Waals surface area contributed by atoms with Crippen LogP contribution in [0.2, 0.25) is 5.02 Å². The average Bonchev–Trinajstić information content (AvgIpc) is 2.59. The number of hydrogen-bond donors (Lipinski definition) is 1. The maximum atomic E-state index is 6.08. The first-order valence-corrected chi connectivity index (χ1v) is 5.76. The maximum Gasteiger partial charge on any atom is 0.0438 e. The van der Waals surface area contributed by atoms with Crippen LogP contribution in [-0.4, -0.2) is 24.0 Å². The van der Waals surface area contributed by atoms with Crippen molar-refractivity contribution >= 4 is 11.6 Å². The molecule has 2 N–H and O–H groups in total. The Kier molecular flexibility index (Phi) is 3.29. The molecule has 1 heterocycles. The Morgan fingerprint density at radius 3 is 3.00 bits per heavy atom. The molecule has 0 aromatic heterocycles. The second-order valence-corrected chi connectivity index (χ2v) is 4.72. The zero-order chi connectivity index (χ0) is 10.8. The molecule has 1 atom stereocenters. The molecule has 0 aliphatic carbocycles. The van der Waals surface area contributed by atoms with E-state index in [9.17, 15) is 0 Å². The molecule has 1 fully saturated rings. The van der Waals surface area contributed by atoms with Gasteiger partial charge in [-0.25, -0.2) is 0 Å². The fourth-order valence-corrected chi connectivity index (χ4v) is 2.26. The number of nitrogens with zero attached hydrogens (tertiary/aromatic N) is 1. The minimum atomic E-state index is 0.351. The molecule has 15 heavy (non-hydrogen) atoms. The summed E-state index contributed by atoms with van der Waals surface area (Å²) in [5.74, 6) is 0. The minimum absolute atomic E-state index is 0.351. The van der Waals surface area contributed by atoms with Gasteiger partial charge in [-0.05, 0) is 30.5 Å². The number of halogens is 1. The van der Waals surface area contributed by atoms with Crippen LogP contribution in [0.15, 0.2) is 18.2 Å². The van der Waals surface area contributed by atoms with Gasteiger partial charge in [-0.3, -0.25) is 4.90 Å². The molecule has 3 heteroatoms. The Labute approximate surface area is 96.0 Å². The molecular weight excluding hydrogens is 208 g/mol. The van der Waals surface area contributed by atoms with Crippen LogP contribution < -0.4 is 5.73 Å². The molecule has 1 aliphatic rings. The molecule has 1 aromatic rings. The van der Waals surface area contributed by atoms with Crippen molar-refractivity contribution in [1.29, 1.82) is 0 Å². The lowest BCUT2D eigenvalue weighted by Crippen LogP contribution is -2.26. The molecule has 1 saturated heterocycles. The summed E-state index contributed by atoms with van der Waals surface area (Å²) in [6.45, 7) is 5.16. The average molecular weight is 225 g/mol. The molecular formula is C12H17ClN2. The van der Waals surface area contributed by atoms with Crippen molar-refractivity contribution < 1.29 is 0 Å². The van der Waals surface area contributed by atoms with Gasteiger partial charge >= 0.3 is 0 Å². The van der Waals surface area contributed by atoms with Gasteiger partial charge in [0.05, 0.1) is 0 Å². The molecule has 0 saturated carbocycles. The zero-order valence-electron chi connectivity index (χ0n) is 9.04. The monoisotopic (exact) mass is 224 g/mol. The predicted molar refractivity (Wildman–Crippen MR) is 64.1 cm³/mol. The van der Waals surface area contributed by atoms with E-state index in [1.807, 2.05) is 12.1 Å². The van der Waals surface area contributed by atoms with E-state index in [4.69, 9.17) is 17.3 Å². The first-order chi connectivity index (χ1) is 7.16. The number of likely N-dealkylation sites (tertiary alicyclic amines) is 1. The van der Waals surface area contributed by atoms with Crippen molar-refractivity contribution in [2.45, 2.75) is 25.9 Å². The van der Waals surface area contributed by atoms with Crippen molar-refractivity contribution in [3.63, 3.8) is 0 Å². The van der Waals surface area contributed by atoms with Crippen molar-refractivity contribution in [3.05, 3.63) is 34.3 Å². The summed E-state index contributed by atoms with van der Waals surface area (Å²) in [6.07, 6.45) is 1.11. The van der Waals surface area contributed by atoms with E-state index in [-0.39, 0.29) is 0 Å². The molecule has 1 unspecified atom stereocenters. The Morgan fingerprint density at radius 2 is 2.33 bits per heavy atom.